The van der Waals surface area contributed by atoms with Gasteiger partial charge in [-0.1, -0.05) is 0 Å². The van der Waals surface area contributed by atoms with Crippen molar-refractivity contribution in [3.8, 4) is 0 Å². The highest BCUT2D eigenvalue weighted by atomic mass is 35.5. The first-order valence-corrected chi connectivity index (χ1v) is 8.16. The Morgan fingerprint density at radius 1 is 1.09 bits per heavy atom. The van der Waals surface area contributed by atoms with E-state index < -0.39 is 12.0 Å². The molecule has 0 spiro atoms. The van der Waals surface area contributed by atoms with Crippen LogP contribution in [0, 0.1) is 5.92 Å². The van der Waals surface area contributed by atoms with Crippen LogP contribution in [0.5, 0.6) is 0 Å². The van der Waals surface area contributed by atoms with Crippen molar-refractivity contribution in [3.63, 3.8) is 0 Å². The average molecular weight is 374 g/mol. The van der Waals surface area contributed by atoms with Crippen molar-refractivity contribution in [1.82, 2.24) is 15.1 Å². The summed E-state index contributed by atoms with van der Waals surface area (Å²) in [6.07, 6.45) is 4.27. The quantitative estimate of drug-likeness (QED) is 0.823. The average Bonchev–Trinajstić information content (AvgIpc) is 3.08. The van der Waals surface area contributed by atoms with Crippen LogP contribution in [-0.4, -0.2) is 66.9 Å². The maximum atomic E-state index is 13.2. The van der Waals surface area contributed by atoms with Crippen LogP contribution in [0.3, 0.4) is 0 Å². The summed E-state index contributed by atoms with van der Waals surface area (Å²) in [7, 11) is 0. The normalized spacial score (nSPS) is 28.3. The molecule has 1 N–H and O–H groups in total. The van der Waals surface area contributed by atoms with Gasteiger partial charge >= 0.3 is 0 Å². The molecule has 0 aromatic rings. The molecule has 0 saturated carbocycles. The Balaban J connectivity index is 0.00000132. The molecule has 3 aliphatic rings. The number of nitrogens with zero attached hydrogens (tertiary/aromatic N) is 2. The van der Waals surface area contributed by atoms with Gasteiger partial charge in [-0.15, -0.1) is 24.8 Å². The van der Waals surface area contributed by atoms with Gasteiger partial charge in [0.2, 0.25) is 5.91 Å². The number of likely N-dealkylation sites (tertiary alicyclic amines) is 2. The highest BCUT2D eigenvalue weighted by molar-refractivity contribution is 5.85. The van der Waals surface area contributed by atoms with E-state index in [0.29, 0.717) is 5.92 Å². The van der Waals surface area contributed by atoms with E-state index in [-0.39, 0.29) is 43.7 Å². The van der Waals surface area contributed by atoms with Gasteiger partial charge in [-0.25, -0.2) is 8.78 Å². The molecule has 0 radical (unpaired) electrons. The van der Waals surface area contributed by atoms with Crippen molar-refractivity contribution in [2.24, 2.45) is 5.92 Å². The summed E-state index contributed by atoms with van der Waals surface area (Å²) in [5.74, 6) is -2.20. The Hall–Kier alpha value is -0.170. The lowest BCUT2D eigenvalue weighted by molar-refractivity contribution is -0.135. The standard InChI is InChI=1S/C15H25F2N3O.2ClH/c16-15(17)9-13(18-11-15)14(21)20-7-3-12(4-8-20)10-19-5-1-2-6-19;;/h12-13,18H,1-11H2;2*1H. The molecule has 23 heavy (non-hydrogen) atoms. The first-order valence-electron chi connectivity index (χ1n) is 8.16. The van der Waals surface area contributed by atoms with Crippen molar-refractivity contribution in [2.75, 3.05) is 39.3 Å². The van der Waals surface area contributed by atoms with Gasteiger partial charge in [0.05, 0.1) is 12.6 Å². The second-order valence-electron chi connectivity index (χ2n) is 6.77. The van der Waals surface area contributed by atoms with Crippen LogP contribution in [0.15, 0.2) is 0 Å². The molecule has 4 nitrogen and oxygen atoms in total. The summed E-state index contributed by atoms with van der Waals surface area (Å²) < 4.78 is 26.3. The molecule has 3 fully saturated rings. The summed E-state index contributed by atoms with van der Waals surface area (Å²) in [6.45, 7) is 4.64. The number of hydrogen-bond acceptors (Lipinski definition) is 3. The highest BCUT2D eigenvalue weighted by Crippen LogP contribution is 2.27. The minimum absolute atomic E-state index is 0. The summed E-state index contributed by atoms with van der Waals surface area (Å²) in [4.78, 5) is 16.6. The molecule has 1 unspecified atom stereocenters. The molecule has 0 aromatic heterocycles. The molecular formula is C15H27Cl2F2N3O. The molecule has 3 rings (SSSR count). The first-order chi connectivity index (χ1) is 10.0. The predicted octanol–water partition coefficient (Wildman–Crippen LogP) is 2.16. The Labute approximate surface area is 149 Å². The maximum Gasteiger partial charge on any atom is 0.262 e. The van der Waals surface area contributed by atoms with Crippen molar-refractivity contribution in [1.29, 1.82) is 0 Å². The summed E-state index contributed by atoms with van der Waals surface area (Å²) >= 11 is 0. The number of carbonyl (C=O) groups excluding carboxylic acids is 1. The number of hydrogen-bond donors (Lipinski definition) is 1. The Morgan fingerprint density at radius 2 is 1.70 bits per heavy atom. The number of piperidine rings is 1. The van der Waals surface area contributed by atoms with Gasteiger partial charge in [-0.3, -0.25) is 10.1 Å². The zero-order valence-electron chi connectivity index (χ0n) is 13.3. The van der Waals surface area contributed by atoms with Gasteiger partial charge in [0.25, 0.3) is 5.92 Å². The third-order valence-electron chi connectivity index (χ3n) is 5.05. The fourth-order valence-corrected chi connectivity index (χ4v) is 3.78. The molecule has 0 aliphatic carbocycles. The Kier molecular flexibility index (Phi) is 7.98. The molecule has 3 saturated heterocycles. The second kappa shape index (κ2) is 8.79. The number of amides is 1. The molecular weight excluding hydrogens is 347 g/mol. The summed E-state index contributed by atoms with van der Waals surface area (Å²) in [5, 5.41) is 2.66. The largest absolute Gasteiger partial charge is 0.341 e. The molecule has 1 amide bonds. The Bertz CT molecular complexity index is 387. The van der Waals surface area contributed by atoms with Crippen LogP contribution >= 0.6 is 24.8 Å². The fraction of sp³-hybridized carbons (Fsp3) is 0.933. The van der Waals surface area contributed by atoms with Crippen molar-refractivity contribution in [3.05, 3.63) is 0 Å². The van der Waals surface area contributed by atoms with Gasteiger partial charge in [-0.2, -0.15) is 0 Å². The van der Waals surface area contributed by atoms with Gasteiger partial charge in [0.1, 0.15) is 0 Å². The molecule has 3 aliphatic heterocycles. The van der Waals surface area contributed by atoms with Crippen LogP contribution in [-0.2, 0) is 4.79 Å². The lowest BCUT2D eigenvalue weighted by Crippen LogP contribution is -2.48. The van der Waals surface area contributed by atoms with E-state index in [1.54, 1.807) is 4.90 Å². The van der Waals surface area contributed by atoms with Crippen molar-refractivity contribution in [2.45, 2.75) is 44.1 Å². The van der Waals surface area contributed by atoms with E-state index in [9.17, 15) is 13.6 Å². The second-order valence-corrected chi connectivity index (χ2v) is 6.77. The minimum Gasteiger partial charge on any atom is -0.341 e. The molecule has 136 valence electrons. The monoisotopic (exact) mass is 373 g/mol. The number of alkyl halides is 2. The van der Waals surface area contributed by atoms with Crippen LogP contribution in [0.2, 0.25) is 0 Å². The number of carbonyl (C=O) groups is 1. The van der Waals surface area contributed by atoms with E-state index in [4.69, 9.17) is 0 Å². The van der Waals surface area contributed by atoms with Crippen LogP contribution < -0.4 is 5.32 Å². The molecule has 0 bridgehead atoms. The van der Waals surface area contributed by atoms with E-state index in [2.05, 4.69) is 10.2 Å². The van der Waals surface area contributed by atoms with E-state index in [1.807, 2.05) is 0 Å². The van der Waals surface area contributed by atoms with E-state index >= 15 is 0 Å². The number of nitrogens with one attached hydrogen (secondary N) is 1. The third kappa shape index (κ3) is 5.41. The van der Waals surface area contributed by atoms with Crippen LogP contribution in [0.4, 0.5) is 8.78 Å². The molecule has 1 atom stereocenters. The molecule has 8 heteroatoms. The lowest BCUT2D eigenvalue weighted by atomic mass is 9.95. The zero-order chi connectivity index (χ0) is 14.9. The van der Waals surface area contributed by atoms with E-state index in [1.165, 1.54) is 25.9 Å². The van der Waals surface area contributed by atoms with Crippen LogP contribution in [0.25, 0.3) is 0 Å². The highest BCUT2D eigenvalue weighted by Gasteiger charge is 2.43. The minimum atomic E-state index is -2.73. The van der Waals surface area contributed by atoms with E-state index in [0.717, 1.165) is 32.5 Å². The van der Waals surface area contributed by atoms with Gasteiger partial charge in [0, 0.05) is 26.1 Å². The smallest absolute Gasteiger partial charge is 0.262 e. The summed E-state index contributed by atoms with van der Waals surface area (Å²) in [5.41, 5.74) is 0. The van der Waals surface area contributed by atoms with Gasteiger partial charge in [0.15, 0.2) is 0 Å². The first kappa shape index (κ1) is 20.9. The predicted molar refractivity (Wildman–Crippen MR) is 90.8 cm³/mol. The van der Waals surface area contributed by atoms with Gasteiger partial charge in [-0.05, 0) is 44.7 Å². The molecule has 0 aromatic carbocycles. The number of halogens is 4. The number of rotatable bonds is 3. The third-order valence-corrected chi connectivity index (χ3v) is 5.05. The maximum absolute atomic E-state index is 13.2. The Morgan fingerprint density at radius 3 is 2.22 bits per heavy atom. The van der Waals surface area contributed by atoms with Gasteiger partial charge < -0.3 is 9.80 Å². The van der Waals surface area contributed by atoms with Crippen molar-refractivity contribution >= 4 is 30.7 Å². The lowest BCUT2D eigenvalue weighted by Gasteiger charge is -2.35. The SMILES string of the molecule is Cl.Cl.O=C(C1CC(F)(F)CN1)N1CCC(CN2CCCC2)CC1. The van der Waals surface area contributed by atoms with Crippen LogP contribution in [0.1, 0.15) is 32.1 Å². The molecule has 3 heterocycles. The van der Waals surface area contributed by atoms with Crippen molar-refractivity contribution < 1.29 is 13.6 Å². The zero-order valence-corrected chi connectivity index (χ0v) is 14.9. The fourth-order valence-electron chi connectivity index (χ4n) is 3.78. The summed E-state index contributed by atoms with van der Waals surface area (Å²) in [6, 6.07) is -0.685. The topological polar surface area (TPSA) is 35.6 Å².